The molecule has 152 valence electrons. The van der Waals surface area contributed by atoms with E-state index in [4.69, 9.17) is 9.47 Å². The van der Waals surface area contributed by atoms with Crippen LogP contribution in [0.25, 0.3) is 10.6 Å². The van der Waals surface area contributed by atoms with Crippen LogP contribution in [0.3, 0.4) is 0 Å². The van der Waals surface area contributed by atoms with Crippen molar-refractivity contribution in [3.05, 3.63) is 64.2 Å². The second-order valence-electron chi connectivity index (χ2n) is 7.04. The molecule has 1 heterocycles. The van der Waals surface area contributed by atoms with Crippen molar-refractivity contribution in [3.63, 3.8) is 0 Å². The van der Waals surface area contributed by atoms with Crippen molar-refractivity contribution >= 4 is 17.2 Å². The summed E-state index contributed by atoms with van der Waals surface area (Å²) in [5, 5.41) is 5.85. The molecule has 1 aromatic heterocycles. The van der Waals surface area contributed by atoms with Crippen LogP contribution in [-0.2, 0) is 11.2 Å². The Kier molecular flexibility index (Phi) is 6.54. The normalized spacial score (nSPS) is 11.8. The number of aryl methyl sites for hydroxylation is 2. The zero-order valence-electron chi connectivity index (χ0n) is 17.4. The Balaban J connectivity index is 1.68. The fourth-order valence-electron chi connectivity index (χ4n) is 3.25. The van der Waals surface area contributed by atoms with Gasteiger partial charge in [-0.15, -0.1) is 11.3 Å². The first-order chi connectivity index (χ1) is 13.9. The van der Waals surface area contributed by atoms with Crippen LogP contribution in [0, 0.1) is 13.8 Å². The van der Waals surface area contributed by atoms with E-state index in [2.05, 4.69) is 42.3 Å². The van der Waals surface area contributed by atoms with E-state index in [1.54, 1.807) is 14.2 Å². The lowest BCUT2D eigenvalue weighted by Gasteiger charge is -2.17. The largest absolute Gasteiger partial charge is 0.493 e. The summed E-state index contributed by atoms with van der Waals surface area (Å²) in [5.74, 6) is 1.29. The van der Waals surface area contributed by atoms with Crippen LogP contribution in [0.1, 0.15) is 35.3 Å². The predicted octanol–water partition coefficient (Wildman–Crippen LogP) is 4.86. The van der Waals surface area contributed by atoms with Crippen molar-refractivity contribution in [1.82, 2.24) is 10.3 Å². The third-order valence-corrected chi connectivity index (χ3v) is 5.74. The zero-order valence-corrected chi connectivity index (χ0v) is 18.2. The van der Waals surface area contributed by atoms with Gasteiger partial charge in [0.05, 0.1) is 32.4 Å². The Morgan fingerprint density at radius 1 is 1.10 bits per heavy atom. The molecule has 0 saturated heterocycles. The van der Waals surface area contributed by atoms with Gasteiger partial charge in [0.2, 0.25) is 5.91 Å². The summed E-state index contributed by atoms with van der Waals surface area (Å²) in [6, 6.07) is 11.9. The van der Waals surface area contributed by atoms with Gasteiger partial charge < -0.3 is 14.8 Å². The summed E-state index contributed by atoms with van der Waals surface area (Å²) >= 11 is 1.51. The first-order valence-corrected chi connectivity index (χ1v) is 10.3. The molecule has 0 radical (unpaired) electrons. The first-order valence-electron chi connectivity index (χ1n) is 9.44. The SMILES string of the molecule is COc1ccc(-c2nc(CC(=O)NC(C)c3cc(C)ccc3C)cs2)cc1OC. The minimum atomic E-state index is -0.0497. The number of nitrogens with one attached hydrogen (secondary N) is 1. The highest BCUT2D eigenvalue weighted by molar-refractivity contribution is 7.13. The Bertz CT molecular complexity index is 1010. The lowest BCUT2D eigenvalue weighted by Crippen LogP contribution is -2.28. The molecule has 0 aliphatic rings. The number of benzene rings is 2. The molecule has 0 aliphatic heterocycles. The van der Waals surface area contributed by atoms with Gasteiger partial charge in [-0.2, -0.15) is 0 Å². The van der Waals surface area contributed by atoms with E-state index in [0.29, 0.717) is 11.5 Å². The fourth-order valence-corrected chi connectivity index (χ4v) is 4.07. The van der Waals surface area contributed by atoms with Crippen LogP contribution in [0.5, 0.6) is 11.5 Å². The van der Waals surface area contributed by atoms with Gasteiger partial charge in [0.1, 0.15) is 5.01 Å². The third kappa shape index (κ3) is 4.95. The second-order valence-corrected chi connectivity index (χ2v) is 7.90. The van der Waals surface area contributed by atoms with Crippen molar-refractivity contribution in [1.29, 1.82) is 0 Å². The number of hydrogen-bond acceptors (Lipinski definition) is 5. The second kappa shape index (κ2) is 9.09. The van der Waals surface area contributed by atoms with Crippen molar-refractivity contribution in [2.45, 2.75) is 33.2 Å². The lowest BCUT2D eigenvalue weighted by molar-refractivity contribution is -0.121. The maximum atomic E-state index is 12.5. The molecular weight excluding hydrogens is 384 g/mol. The molecule has 1 N–H and O–H groups in total. The van der Waals surface area contributed by atoms with Gasteiger partial charge in [0.15, 0.2) is 11.5 Å². The molecule has 1 atom stereocenters. The summed E-state index contributed by atoms with van der Waals surface area (Å²) in [4.78, 5) is 17.2. The van der Waals surface area contributed by atoms with Crippen LogP contribution in [0.15, 0.2) is 41.8 Å². The predicted molar refractivity (Wildman–Crippen MR) is 117 cm³/mol. The molecule has 3 aromatic rings. The Morgan fingerprint density at radius 3 is 2.59 bits per heavy atom. The van der Waals surface area contributed by atoms with E-state index >= 15 is 0 Å². The van der Waals surface area contributed by atoms with Crippen LogP contribution in [0.2, 0.25) is 0 Å². The molecule has 0 spiro atoms. The maximum absolute atomic E-state index is 12.5. The van der Waals surface area contributed by atoms with Crippen LogP contribution in [0.4, 0.5) is 0 Å². The summed E-state index contributed by atoms with van der Waals surface area (Å²) in [6.07, 6.45) is 0.249. The van der Waals surface area contributed by atoms with Crippen molar-refractivity contribution in [3.8, 4) is 22.1 Å². The quantitative estimate of drug-likeness (QED) is 0.604. The number of rotatable bonds is 7. The standard InChI is InChI=1S/C23H26N2O3S/c1-14-6-7-15(2)19(10-14)16(3)24-22(26)12-18-13-29-23(25-18)17-8-9-20(27-4)21(11-17)28-5/h6-11,13,16H,12H2,1-5H3,(H,24,26). The van der Waals surface area contributed by atoms with Crippen LogP contribution >= 0.6 is 11.3 Å². The Morgan fingerprint density at radius 2 is 1.86 bits per heavy atom. The lowest BCUT2D eigenvalue weighted by atomic mass is 10.00. The summed E-state index contributed by atoms with van der Waals surface area (Å²) in [5.41, 5.74) is 5.19. The molecule has 2 aromatic carbocycles. The van der Waals surface area contributed by atoms with Gasteiger partial charge in [-0.25, -0.2) is 4.98 Å². The topological polar surface area (TPSA) is 60.5 Å². The number of aromatic nitrogens is 1. The van der Waals surface area contributed by atoms with E-state index in [9.17, 15) is 4.79 Å². The van der Waals surface area contributed by atoms with E-state index in [1.807, 2.05) is 30.5 Å². The zero-order chi connectivity index (χ0) is 21.0. The van der Waals surface area contributed by atoms with Gasteiger partial charge in [-0.05, 0) is 50.1 Å². The first kappa shape index (κ1) is 20.9. The third-order valence-electron chi connectivity index (χ3n) is 4.80. The number of thiazole rings is 1. The minimum Gasteiger partial charge on any atom is -0.493 e. The van der Waals surface area contributed by atoms with Crippen LogP contribution < -0.4 is 14.8 Å². The Hall–Kier alpha value is -2.86. The molecule has 3 rings (SSSR count). The molecule has 1 unspecified atom stereocenters. The van der Waals surface area contributed by atoms with Gasteiger partial charge in [-0.3, -0.25) is 4.79 Å². The fraction of sp³-hybridized carbons (Fsp3) is 0.304. The molecule has 0 bridgehead atoms. The highest BCUT2D eigenvalue weighted by Crippen LogP contribution is 2.33. The minimum absolute atomic E-state index is 0.0393. The number of carbonyl (C=O) groups is 1. The van der Waals surface area contributed by atoms with Gasteiger partial charge in [0.25, 0.3) is 0 Å². The van der Waals surface area contributed by atoms with Crippen molar-refractivity contribution < 1.29 is 14.3 Å². The smallest absolute Gasteiger partial charge is 0.226 e. The maximum Gasteiger partial charge on any atom is 0.226 e. The number of methoxy groups -OCH3 is 2. The Labute approximate surface area is 175 Å². The molecule has 5 nitrogen and oxygen atoms in total. The summed E-state index contributed by atoms with van der Waals surface area (Å²) in [6.45, 7) is 6.13. The molecular formula is C23H26N2O3S. The number of ether oxygens (including phenoxy) is 2. The van der Waals surface area contributed by atoms with E-state index < -0.39 is 0 Å². The number of carbonyl (C=O) groups excluding carboxylic acids is 1. The van der Waals surface area contributed by atoms with Crippen LogP contribution in [-0.4, -0.2) is 25.1 Å². The molecule has 1 amide bonds. The highest BCUT2D eigenvalue weighted by Gasteiger charge is 2.15. The van der Waals surface area contributed by atoms with E-state index in [0.717, 1.165) is 21.8 Å². The van der Waals surface area contributed by atoms with E-state index in [-0.39, 0.29) is 18.4 Å². The van der Waals surface area contributed by atoms with Gasteiger partial charge in [0, 0.05) is 10.9 Å². The van der Waals surface area contributed by atoms with Gasteiger partial charge in [-0.1, -0.05) is 23.8 Å². The summed E-state index contributed by atoms with van der Waals surface area (Å²) in [7, 11) is 3.22. The number of hydrogen-bond donors (Lipinski definition) is 1. The number of nitrogens with zero attached hydrogens (tertiary/aromatic N) is 1. The molecule has 29 heavy (non-hydrogen) atoms. The number of amides is 1. The molecule has 0 saturated carbocycles. The van der Waals surface area contributed by atoms with Gasteiger partial charge >= 0.3 is 0 Å². The monoisotopic (exact) mass is 410 g/mol. The average Bonchev–Trinajstić information content (AvgIpc) is 3.17. The highest BCUT2D eigenvalue weighted by atomic mass is 32.1. The van der Waals surface area contributed by atoms with Crippen molar-refractivity contribution in [2.24, 2.45) is 0 Å². The molecule has 0 aliphatic carbocycles. The van der Waals surface area contributed by atoms with E-state index in [1.165, 1.54) is 22.5 Å². The summed E-state index contributed by atoms with van der Waals surface area (Å²) < 4.78 is 10.6. The molecule has 0 fully saturated rings. The van der Waals surface area contributed by atoms with Crippen molar-refractivity contribution in [2.75, 3.05) is 14.2 Å². The molecule has 6 heteroatoms. The average molecular weight is 411 g/mol.